The average Bonchev–Trinajstić information content (AvgIpc) is 2.98. The first-order valence-corrected chi connectivity index (χ1v) is 9.64. The fourth-order valence-corrected chi connectivity index (χ4v) is 3.89. The lowest BCUT2D eigenvalue weighted by molar-refractivity contribution is 0.0716. The van der Waals surface area contributed by atoms with Crippen molar-refractivity contribution in [2.24, 2.45) is 0 Å². The van der Waals surface area contributed by atoms with E-state index in [1.807, 2.05) is 31.1 Å². The van der Waals surface area contributed by atoms with Gasteiger partial charge in [0.2, 0.25) is 5.76 Å². The largest absolute Gasteiger partial charge is 0.497 e. The monoisotopic (exact) mass is 412 g/mol. The highest BCUT2D eigenvalue weighted by Crippen LogP contribution is 2.38. The molecule has 0 radical (unpaired) electrons. The van der Waals surface area contributed by atoms with E-state index in [9.17, 15) is 9.59 Å². The van der Waals surface area contributed by atoms with Crippen molar-refractivity contribution in [3.8, 4) is 5.75 Å². The molecule has 1 aromatic heterocycles. The van der Waals surface area contributed by atoms with Crippen LogP contribution >= 0.6 is 11.6 Å². The zero-order valence-electron chi connectivity index (χ0n) is 16.4. The van der Waals surface area contributed by atoms with Gasteiger partial charge in [-0.05, 0) is 43.9 Å². The second kappa shape index (κ2) is 7.54. The number of carbonyl (C=O) groups is 1. The number of amides is 1. The maximum absolute atomic E-state index is 13.4. The molecule has 1 unspecified atom stereocenters. The highest BCUT2D eigenvalue weighted by Gasteiger charge is 2.42. The molecule has 0 bridgehead atoms. The van der Waals surface area contributed by atoms with Crippen LogP contribution in [0.15, 0.2) is 51.7 Å². The van der Waals surface area contributed by atoms with Crippen LogP contribution in [0.25, 0.3) is 11.0 Å². The van der Waals surface area contributed by atoms with Crippen LogP contribution in [0.2, 0.25) is 5.02 Å². The number of rotatable bonds is 5. The molecule has 150 valence electrons. The van der Waals surface area contributed by atoms with Gasteiger partial charge in [-0.1, -0.05) is 23.7 Å². The van der Waals surface area contributed by atoms with Gasteiger partial charge in [-0.2, -0.15) is 0 Å². The molecule has 0 saturated carbocycles. The average molecular weight is 413 g/mol. The summed E-state index contributed by atoms with van der Waals surface area (Å²) in [6, 6.07) is 11.7. The second-order valence-corrected chi connectivity index (χ2v) is 7.73. The third kappa shape index (κ3) is 3.39. The Hall–Kier alpha value is -2.83. The molecule has 0 N–H and O–H groups in total. The van der Waals surface area contributed by atoms with E-state index in [1.165, 1.54) is 7.11 Å². The highest BCUT2D eigenvalue weighted by atomic mass is 35.5. The van der Waals surface area contributed by atoms with Gasteiger partial charge in [0, 0.05) is 24.2 Å². The molecule has 1 aliphatic heterocycles. The number of likely N-dealkylation sites (N-methyl/N-ethyl adjacent to an activating group) is 1. The van der Waals surface area contributed by atoms with Crippen molar-refractivity contribution < 1.29 is 13.9 Å². The summed E-state index contributed by atoms with van der Waals surface area (Å²) in [5.74, 6) is 0.343. The van der Waals surface area contributed by atoms with Crippen molar-refractivity contribution in [2.75, 3.05) is 34.3 Å². The lowest BCUT2D eigenvalue weighted by Crippen LogP contribution is -2.35. The Bertz CT molecular complexity index is 1160. The predicted octanol–water partition coefficient (Wildman–Crippen LogP) is 3.56. The van der Waals surface area contributed by atoms with Gasteiger partial charge >= 0.3 is 0 Å². The van der Waals surface area contributed by atoms with Crippen LogP contribution in [0, 0.1) is 0 Å². The SMILES string of the molecule is COc1ccc2c(=O)c3c(oc2c1)C(=O)N(CCN(C)C)C3c1cccc(Cl)c1. The fourth-order valence-electron chi connectivity index (χ4n) is 3.69. The summed E-state index contributed by atoms with van der Waals surface area (Å²) in [7, 11) is 5.41. The van der Waals surface area contributed by atoms with Crippen molar-refractivity contribution >= 4 is 28.5 Å². The van der Waals surface area contributed by atoms with Gasteiger partial charge in [-0.3, -0.25) is 9.59 Å². The number of halogens is 1. The molecule has 2 aromatic carbocycles. The number of ether oxygens (including phenoxy) is 1. The van der Waals surface area contributed by atoms with Crippen LogP contribution in [0.5, 0.6) is 5.75 Å². The van der Waals surface area contributed by atoms with E-state index in [4.69, 9.17) is 20.8 Å². The molecule has 6 nitrogen and oxygen atoms in total. The molecule has 7 heteroatoms. The van der Waals surface area contributed by atoms with E-state index in [-0.39, 0.29) is 17.1 Å². The summed E-state index contributed by atoms with van der Waals surface area (Å²) >= 11 is 6.20. The molecule has 1 amide bonds. The van der Waals surface area contributed by atoms with Gasteiger partial charge in [0.1, 0.15) is 11.3 Å². The van der Waals surface area contributed by atoms with Gasteiger partial charge < -0.3 is 19.0 Å². The third-order valence-corrected chi connectivity index (χ3v) is 5.36. The minimum absolute atomic E-state index is 0.0829. The molecule has 2 heterocycles. The molecule has 1 aliphatic rings. The minimum Gasteiger partial charge on any atom is -0.497 e. The number of benzene rings is 2. The van der Waals surface area contributed by atoms with Crippen molar-refractivity contribution in [1.29, 1.82) is 0 Å². The number of hydrogen-bond donors (Lipinski definition) is 0. The van der Waals surface area contributed by atoms with E-state index in [0.29, 0.717) is 40.4 Å². The first-order valence-electron chi connectivity index (χ1n) is 9.26. The van der Waals surface area contributed by atoms with Crippen LogP contribution in [0.4, 0.5) is 0 Å². The van der Waals surface area contributed by atoms with Crippen LogP contribution in [-0.4, -0.2) is 50.0 Å². The van der Waals surface area contributed by atoms with E-state index in [0.717, 1.165) is 5.56 Å². The normalized spacial score (nSPS) is 16.0. The molecule has 0 spiro atoms. The molecular formula is C22H21ClN2O4. The number of nitrogens with zero attached hydrogens (tertiary/aromatic N) is 2. The van der Waals surface area contributed by atoms with E-state index in [2.05, 4.69) is 0 Å². The van der Waals surface area contributed by atoms with Crippen molar-refractivity contribution in [3.63, 3.8) is 0 Å². The van der Waals surface area contributed by atoms with E-state index < -0.39 is 6.04 Å². The molecule has 29 heavy (non-hydrogen) atoms. The quantitative estimate of drug-likeness (QED) is 0.641. The summed E-state index contributed by atoms with van der Waals surface area (Å²) in [4.78, 5) is 30.3. The van der Waals surface area contributed by atoms with Gasteiger partial charge in [0.25, 0.3) is 5.91 Å². The van der Waals surface area contributed by atoms with Crippen molar-refractivity contribution in [1.82, 2.24) is 9.80 Å². The second-order valence-electron chi connectivity index (χ2n) is 7.30. The van der Waals surface area contributed by atoms with Crippen LogP contribution in [0.1, 0.15) is 27.7 Å². The number of hydrogen-bond acceptors (Lipinski definition) is 5. The predicted molar refractivity (Wildman–Crippen MR) is 112 cm³/mol. The summed E-state index contributed by atoms with van der Waals surface area (Å²) in [6.07, 6.45) is 0. The Kier molecular flexibility index (Phi) is 5.06. The molecule has 0 fully saturated rings. The van der Waals surface area contributed by atoms with Gasteiger partial charge in [0.15, 0.2) is 5.43 Å². The maximum Gasteiger partial charge on any atom is 0.290 e. The van der Waals surface area contributed by atoms with Crippen molar-refractivity contribution in [3.05, 3.63) is 74.6 Å². The van der Waals surface area contributed by atoms with Gasteiger partial charge in [-0.25, -0.2) is 0 Å². The van der Waals surface area contributed by atoms with E-state index >= 15 is 0 Å². The lowest BCUT2D eigenvalue weighted by Gasteiger charge is -2.26. The summed E-state index contributed by atoms with van der Waals surface area (Å²) in [6.45, 7) is 1.10. The smallest absolute Gasteiger partial charge is 0.290 e. The van der Waals surface area contributed by atoms with Crippen LogP contribution in [0.3, 0.4) is 0 Å². The summed E-state index contributed by atoms with van der Waals surface area (Å²) < 4.78 is 11.2. The summed E-state index contributed by atoms with van der Waals surface area (Å²) in [5, 5.41) is 0.963. The molecule has 4 rings (SSSR count). The Labute approximate surface area is 173 Å². The molecule has 0 aliphatic carbocycles. The lowest BCUT2D eigenvalue weighted by atomic mass is 9.98. The topological polar surface area (TPSA) is 63.0 Å². The zero-order valence-corrected chi connectivity index (χ0v) is 17.2. The maximum atomic E-state index is 13.4. The highest BCUT2D eigenvalue weighted by molar-refractivity contribution is 6.30. The fraction of sp³-hybridized carbons (Fsp3) is 0.273. The molecular weight excluding hydrogens is 392 g/mol. The Morgan fingerprint density at radius 3 is 2.66 bits per heavy atom. The third-order valence-electron chi connectivity index (χ3n) is 5.13. The summed E-state index contributed by atoms with van der Waals surface area (Å²) in [5.41, 5.74) is 1.26. The molecule has 3 aromatic rings. The number of methoxy groups -OCH3 is 1. The van der Waals surface area contributed by atoms with Crippen LogP contribution < -0.4 is 10.2 Å². The minimum atomic E-state index is -0.543. The van der Waals surface area contributed by atoms with Crippen LogP contribution in [-0.2, 0) is 0 Å². The Morgan fingerprint density at radius 1 is 1.17 bits per heavy atom. The van der Waals surface area contributed by atoms with Gasteiger partial charge in [0.05, 0.1) is 24.1 Å². The first-order chi connectivity index (χ1) is 13.9. The first kappa shape index (κ1) is 19.5. The van der Waals surface area contributed by atoms with Gasteiger partial charge in [-0.15, -0.1) is 0 Å². The Balaban J connectivity index is 1.94. The zero-order chi connectivity index (χ0) is 20.7. The van der Waals surface area contributed by atoms with Crippen molar-refractivity contribution in [2.45, 2.75) is 6.04 Å². The number of fused-ring (bicyclic) bond motifs is 2. The molecule has 1 atom stereocenters. The number of carbonyl (C=O) groups excluding carboxylic acids is 1. The standard InChI is InChI=1S/C22H21ClN2O4/c1-24(2)9-10-25-19(13-5-4-6-14(23)11-13)18-20(26)16-8-7-15(28-3)12-17(16)29-21(18)22(25)27/h4-8,11-12,19H,9-10H2,1-3H3. The molecule has 0 saturated heterocycles. The van der Waals surface area contributed by atoms with E-state index in [1.54, 1.807) is 35.2 Å². The Morgan fingerprint density at radius 2 is 1.97 bits per heavy atom.